The van der Waals surface area contributed by atoms with Gasteiger partial charge in [0, 0.05) is 30.2 Å². The van der Waals surface area contributed by atoms with Gasteiger partial charge in [-0.25, -0.2) is 4.39 Å². The fourth-order valence-electron chi connectivity index (χ4n) is 3.39. The summed E-state index contributed by atoms with van der Waals surface area (Å²) in [5, 5.41) is 4.13. The van der Waals surface area contributed by atoms with Gasteiger partial charge < -0.3 is 5.32 Å². The molecule has 19 heavy (non-hydrogen) atoms. The maximum Gasteiger partial charge on any atom is 0.124 e. The molecule has 4 heteroatoms. The van der Waals surface area contributed by atoms with Gasteiger partial charge in [-0.05, 0) is 43.5 Å². The summed E-state index contributed by atoms with van der Waals surface area (Å²) < 4.78 is 13.0. The molecule has 2 aliphatic heterocycles. The van der Waals surface area contributed by atoms with Crippen LogP contribution in [0, 0.1) is 5.82 Å². The van der Waals surface area contributed by atoms with Crippen molar-refractivity contribution in [2.45, 2.75) is 44.3 Å². The largest absolute Gasteiger partial charge is 0.308 e. The highest BCUT2D eigenvalue weighted by Crippen LogP contribution is 2.27. The van der Waals surface area contributed by atoms with Crippen LogP contribution in [0.25, 0.3) is 0 Å². The Labute approximate surface area is 118 Å². The maximum absolute atomic E-state index is 13.0. The average molecular weight is 283 g/mol. The van der Waals surface area contributed by atoms with Crippen molar-refractivity contribution in [1.82, 2.24) is 10.2 Å². The van der Waals surface area contributed by atoms with Gasteiger partial charge in [-0.3, -0.25) is 4.90 Å². The number of piperidine rings is 1. The molecule has 3 rings (SSSR count). The van der Waals surface area contributed by atoms with Crippen molar-refractivity contribution >= 4 is 11.6 Å². The monoisotopic (exact) mass is 282 g/mol. The number of hydrogen-bond acceptors (Lipinski definition) is 2. The second-order valence-corrected chi connectivity index (χ2v) is 6.02. The standard InChI is InChI=1S/C15H20ClFN2/c16-13-9-12(17)5-4-11(13)10-18-14-6-8-19-7-2-1-3-15(14)19/h4-5,9,14-15,18H,1-3,6-8,10H2. The van der Waals surface area contributed by atoms with Gasteiger partial charge in [0.25, 0.3) is 0 Å². The zero-order valence-electron chi connectivity index (χ0n) is 11.0. The minimum atomic E-state index is -0.270. The van der Waals surface area contributed by atoms with Crippen molar-refractivity contribution in [3.8, 4) is 0 Å². The Morgan fingerprint density at radius 2 is 2.16 bits per heavy atom. The highest BCUT2D eigenvalue weighted by molar-refractivity contribution is 6.31. The summed E-state index contributed by atoms with van der Waals surface area (Å²) >= 11 is 6.06. The van der Waals surface area contributed by atoms with Crippen LogP contribution in [0.3, 0.4) is 0 Å². The molecule has 2 atom stereocenters. The van der Waals surface area contributed by atoms with E-state index < -0.39 is 0 Å². The van der Waals surface area contributed by atoms with Crippen LogP contribution in [-0.4, -0.2) is 30.1 Å². The van der Waals surface area contributed by atoms with Crippen molar-refractivity contribution < 1.29 is 4.39 Å². The minimum absolute atomic E-state index is 0.270. The van der Waals surface area contributed by atoms with Crippen LogP contribution >= 0.6 is 11.6 Å². The topological polar surface area (TPSA) is 15.3 Å². The third-order valence-corrected chi connectivity index (χ3v) is 4.78. The Kier molecular flexibility index (Phi) is 4.06. The molecular weight excluding hydrogens is 263 g/mol. The molecule has 0 aliphatic carbocycles. The highest BCUT2D eigenvalue weighted by Gasteiger charge is 2.34. The SMILES string of the molecule is Fc1ccc(CNC2CCN3CCCCC23)c(Cl)c1. The van der Waals surface area contributed by atoms with E-state index in [0.29, 0.717) is 17.1 Å². The molecule has 0 radical (unpaired) electrons. The number of halogens is 2. The molecule has 2 aliphatic rings. The first-order valence-corrected chi connectivity index (χ1v) is 7.53. The fraction of sp³-hybridized carbons (Fsp3) is 0.600. The van der Waals surface area contributed by atoms with Crippen molar-refractivity contribution in [2.75, 3.05) is 13.1 Å². The van der Waals surface area contributed by atoms with Crippen molar-refractivity contribution in [2.24, 2.45) is 0 Å². The summed E-state index contributed by atoms with van der Waals surface area (Å²) in [5.41, 5.74) is 0.984. The first-order chi connectivity index (χ1) is 9.24. The molecular formula is C15H20ClFN2. The summed E-state index contributed by atoms with van der Waals surface area (Å²) in [6, 6.07) is 5.89. The number of benzene rings is 1. The predicted molar refractivity (Wildman–Crippen MR) is 75.9 cm³/mol. The van der Waals surface area contributed by atoms with E-state index in [0.717, 1.165) is 12.1 Å². The van der Waals surface area contributed by atoms with E-state index in [1.54, 1.807) is 6.07 Å². The van der Waals surface area contributed by atoms with E-state index in [1.807, 2.05) is 0 Å². The lowest BCUT2D eigenvalue weighted by molar-refractivity contribution is 0.180. The Morgan fingerprint density at radius 1 is 1.26 bits per heavy atom. The number of nitrogens with zero attached hydrogens (tertiary/aromatic N) is 1. The molecule has 1 aromatic rings. The maximum atomic E-state index is 13.0. The van der Waals surface area contributed by atoms with Gasteiger partial charge in [0.2, 0.25) is 0 Å². The summed E-state index contributed by atoms with van der Waals surface area (Å²) in [5.74, 6) is -0.270. The number of hydrogen-bond donors (Lipinski definition) is 1. The fourth-order valence-corrected chi connectivity index (χ4v) is 3.63. The predicted octanol–water partition coefficient (Wildman–Crippen LogP) is 3.20. The molecule has 104 valence electrons. The first kappa shape index (κ1) is 13.3. The van der Waals surface area contributed by atoms with Gasteiger partial charge >= 0.3 is 0 Å². The minimum Gasteiger partial charge on any atom is -0.308 e. The third kappa shape index (κ3) is 2.93. The van der Waals surface area contributed by atoms with Gasteiger partial charge in [-0.2, -0.15) is 0 Å². The molecule has 1 N–H and O–H groups in total. The van der Waals surface area contributed by atoms with Crippen molar-refractivity contribution in [3.63, 3.8) is 0 Å². The van der Waals surface area contributed by atoms with Gasteiger partial charge in [0.15, 0.2) is 0 Å². The lowest BCUT2D eigenvalue weighted by Crippen LogP contribution is -2.44. The van der Waals surface area contributed by atoms with Gasteiger partial charge in [-0.15, -0.1) is 0 Å². The molecule has 0 bridgehead atoms. The Bertz CT molecular complexity index is 452. The molecule has 2 unspecified atom stereocenters. The van der Waals surface area contributed by atoms with Crippen LogP contribution in [0.2, 0.25) is 5.02 Å². The molecule has 0 saturated carbocycles. The summed E-state index contributed by atoms with van der Waals surface area (Å²) in [7, 11) is 0. The van der Waals surface area contributed by atoms with Gasteiger partial charge in [-0.1, -0.05) is 24.1 Å². The molecule has 0 amide bonds. The van der Waals surface area contributed by atoms with E-state index in [4.69, 9.17) is 11.6 Å². The molecule has 1 aromatic carbocycles. The van der Waals surface area contributed by atoms with E-state index in [1.165, 1.54) is 50.9 Å². The zero-order chi connectivity index (χ0) is 13.2. The highest BCUT2D eigenvalue weighted by atomic mass is 35.5. The molecule has 2 fully saturated rings. The molecule has 2 heterocycles. The summed E-state index contributed by atoms with van der Waals surface area (Å²) in [6.07, 6.45) is 5.20. The van der Waals surface area contributed by atoms with Gasteiger partial charge in [0.05, 0.1) is 0 Å². The van der Waals surface area contributed by atoms with Crippen LogP contribution in [0.1, 0.15) is 31.2 Å². The van der Waals surface area contributed by atoms with E-state index in [-0.39, 0.29) is 5.82 Å². The van der Waals surface area contributed by atoms with Crippen molar-refractivity contribution in [1.29, 1.82) is 0 Å². The lowest BCUT2D eigenvalue weighted by Gasteiger charge is -2.32. The van der Waals surface area contributed by atoms with Crippen LogP contribution in [0.5, 0.6) is 0 Å². The molecule has 2 nitrogen and oxygen atoms in total. The number of nitrogens with one attached hydrogen (secondary N) is 1. The molecule has 2 saturated heterocycles. The second-order valence-electron chi connectivity index (χ2n) is 5.61. The number of fused-ring (bicyclic) bond motifs is 1. The normalized spacial score (nSPS) is 27.5. The Morgan fingerprint density at radius 3 is 3.00 bits per heavy atom. The lowest BCUT2D eigenvalue weighted by atomic mass is 9.99. The van der Waals surface area contributed by atoms with E-state index in [2.05, 4.69) is 10.2 Å². The smallest absolute Gasteiger partial charge is 0.124 e. The zero-order valence-corrected chi connectivity index (χ0v) is 11.8. The Balaban J connectivity index is 1.60. The second kappa shape index (κ2) is 5.78. The van der Waals surface area contributed by atoms with E-state index in [9.17, 15) is 4.39 Å². The summed E-state index contributed by atoms with van der Waals surface area (Å²) in [6.45, 7) is 3.19. The van der Waals surface area contributed by atoms with Crippen LogP contribution in [0.15, 0.2) is 18.2 Å². The van der Waals surface area contributed by atoms with E-state index >= 15 is 0 Å². The Hall–Kier alpha value is -0.640. The van der Waals surface area contributed by atoms with Crippen LogP contribution < -0.4 is 5.32 Å². The molecule has 0 aromatic heterocycles. The third-order valence-electron chi connectivity index (χ3n) is 4.43. The quantitative estimate of drug-likeness (QED) is 0.916. The first-order valence-electron chi connectivity index (χ1n) is 7.15. The number of rotatable bonds is 3. The molecule has 0 spiro atoms. The average Bonchev–Trinajstić information content (AvgIpc) is 2.81. The van der Waals surface area contributed by atoms with Crippen molar-refractivity contribution in [3.05, 3.63) is 34.6 Å². The van der Waals surface area contributed by atoms with Crippen LogP contribution in [0.4, 0.5) is 4.39 Å². The van der Waals surface area contributed by atoms with Crippen LogP contribution in [-0.2, 0) is 6.54 Å². The summed E-state index contributed by atoms with van der Waals surface area (Å²) in [4.78, 5) is 2.60. The van der Waals surface area contributed by atoms with Gasteiger partial charge in [0.1, 0.15) is 5.82 Å².